The fourth-order valence-corrected chi connectivity index (χ4v) is 3.69. The Bertz CT molecular complexity index is 1010. The van der Waals surface area contributed by atoms with Crippen LogP contribution in [0, 0.1) is 6.92 Å². The van der Waals surface area contributed by atoms with Crippen molar-refractivity contribution in [3.05, 3.63) is 63.9 Å². The van der Waals surface area contributed by atoms with Gasteiger partial charge >= 0.3 is 0 Å². The van der Waals surface area contributed by atoms with Gasteiger partial charge in [0.05, 0.1) is 25.8 Å². The third kappa shape index (κ3) is 3.44. The Balaban J connectivity index is 2.25. The minimum Gasteiger partial charge on any atom is -0.503 e. The average molecular weight is 416 g/mol. The number of hydrogen-bond donors (Lipinski definition) is 1. The maximum atomic E-state index is 13.0. The first-order valence-corrected chi connectivity index (χ1v) is 9.50. The monoisotopic (exact) mass is 415 g/mol. The van der Waals surface area contributed by atoms with Crippen LogP contribution in [0.4, 0.5) is 5.69 Å². The number of methoxy groups -OCH3 is 2. The second-order valence-corrected chi connectivity index (χ2v) is 7.02. The van der Waals surface area contributed by atoms with Crippen LogP contribution in [0.25, 0.3) is 0 Å². The number of hydrogen-bond acceptors (Lipinski definition) is 5. The molecule has 0 saturated carbocycles. The first kappa shape index (κ1) is 20.7. The zero-order valence-electron chi connectivity index (χ0n) is 16.7. The van der Waals surface area contributed by atoms with E-state index in [4.69, 9.17) is 21.1 Å². The molecular weight excluding hydrogens is 394 g/mol. The molecule has 1 unspecified atom stereocenters. The summed E-state index contributed by atoms with van der Waals surface area (Å²) in [5.74, 6) is -0.529. The summed E-state index contributed by atoms with van der Waals surface area (Å²) in [5, 5.41) is 11.1. The molecule has 152 valence electrons. The van der Waals surface area contributed by atoms with Crippen LogP contribution in [0.5, 0.6) is 11.5 Å². The highest BCUT2D eigenvalue weighted by molar-refractivity contribution is 6.32. The quantitative estimate of drug-likeness (QED) is 0.749. The first-order chi connectivity index (χ1) is 13.8. The molecule has 29 heavy (non-hydrogen) atoms. The Morgan fingerprint density at radius 1 is 1.17 bits per heavy atom. The Morgan fingerprint density at radius 3 is 2.48 bits per heavy atom. The third-order valence-electron chi connectivity index (χ3n) is 5.05. The van der Waals surface area contributed by atoms with Crippen molar-refractivity contribution in [2.75, 3.05) is 19.1 Å². The van der Waals surface area contributed by atoms with Gasteiger partial charge in [0.15, 0.2) is 23.0 Å². The number of aliphatic hydroxyl groups is 1. The summed E-state index contributed by atoms with van der Waals surface area (Å²) in [6, 6.07) is 9.51. The van der Waals surface area contributed by atoms with Crippen LogP contribution in [0.15, 0.2) is 47.7 Å². The molecule has 1 heterocycles. The number of ether oxygens (including phenoxy) is 2. The topological polar surface area (TPSA) is 76.1 Å². The Labute approximate surface area is 174 Å². The molecule has 6 nitrogen and oxygen atoms in total. The van der Waals surface area contributed by atoms with E-state index in [2.05, 4.69) is 0 Å². The number of Topliss-reactive ketones (excluding diaryl/α,β-unsaturated/α-hetero) is 1. The number of ketones is 1. The molecule has 1 amide bonds. The van der Waals surface area contributed by atoms with Gasteiger partial charge in [-0.3, -0.25) is 14.5 Å². The van der Waals surface area contributed by atoms with Gasteiger partial charge in [-0.25, -0.2) is 0 Å². The SMILES string of the molecule is CCC(=O)C1=C(O)C(=O)N(c2cccc(Cl)c2C)C1c1ccc(OC)c(OC)c1. The fourth-order valence-electron chi connectivity index (χ4n) is 3.52. The second-order valence-electron chi connectivity index (χ2n) is 6.62. The molecule has 0 spiro atoms. The van der Waals surface area contributed by atoms with Gasteiger partial charge < -0.3 is 14.6 Å². The number of anilines is 1. The molecule has 3 rings (SSSR count). The van der Waals surface area contributed by atoms with E-state index in [1.54, 1.807) is 50.2 Å². The Kier molecular flexibility index (Phi) is 5.84. The van der Waals surface area contributed by atoms with Gasteiger partial charge in [-0.05, 0) is 42.3 Å². The van der Waals surface area contributed by atoms with Crippen molar-refractivity contribution in [3.8, 4) is 11.5 Å². The van der Waals surface area contributed by atoms with Gasteiger partial charge in [-0.1, -0.05) is 30.7 Å². The smallest absolute Gasteiger partial charge is 0.294 e. The minimum atomic E-state index is -0.813. The molecule has 0 bridgehead atoms. The van der Waals surface area contributed by atoms with E-state index < -0.39 is 17.7 Å². The largest absolute Gasteiger partial charge is 0.503 e. The van der Waals surface area contributed by atoms with Crippen LogP contribution in [0.1, 0.15) is 30.5 Å². The van der Waals surface area contributed by atoms with Crippen molar-refractivity contribution in [1.29, 1.82) is 0 Å². The maximum Gasteiger partial charge on any atom is 0.294 e. The molecule has 1 atom stereocenters. The molecule has 1 N–H and O–H groups in total. The number of rotatable bonds is 6. The van der Waals surface area contributed by atoms with E-state index in [0.717, 1.165) is 0 Å². The number of carbonyl (C=O) groups is 2. The van der Waals surface area contributed by atoms with Gasteiger partial charge in [0.1, 0.15) is 0 Å². The van der Waals surface area contributed by atoms with E-state index in [1.807, 2.05) is 0 Å². The van der Waals surface area contributed by atoms with Crippen LogP contribution >= 0.6 is 11.6 Å². The van der Waals surface area contributed by atoms with Gasteiger partial charge in [0.2, 0.25) is 0 Å². The summed E-state index contributed by atoms with van der Waals surface area (Å²) in [7, 11) is 3.03. The lowest BCUT2D eigenvalue weighted by molar-refractivity contribution is -0.118. The standard InChI is InChI=1S/C22H22ClNO5/c1-5-16(25)19-20(13-9-10-17(28-3)18(11-13)29-4)24(22(27)21(19)26)15-8-6-7-14(23)12(15)2/h6-11,20,26H,5H2,1-4H3. The summed E-state index contributed by atoms with van der Waals surface area (Å²) in [4.78, 5) is 27.1. The normalized spacial score (nSPS) is 16.4. The van der Waals surface area contributed by atoms with Crippen molar-refractivity contribution < 1.29 is 24.2 Å². The summed E-state index contributed by atoms with van der Waals surface area (Å²) in [5.41, 5.74) is 1.86. The van der Waals surface area contributed by atoms with E-state index in [1.165, 1.54) is 19.1 Å². The highest BCUT2D eigenvalue weighted by Gasteiger charge is 2.44. The number of benzene rings is 2. The summed E-state index contributed by atoms with van der Waals surface area (Å²) < 4.78 is 10.7. The van der Waals surface area contributed by atoms with Crippen molar-refractivity contribution in [1.82, 2.24) is 0 Å². The Hall–Kier alpha value is -2.99. The van der Waals surface area contributed by atoms with E-state index >= 15 is 0 Å². The maximum absolute atomic E-state index is 13.0. The molecule has 0 fully saturated rings. The lowest BCUT2D eigenvalue weighted by Crippen LogP contribution is -2.31. The van der Waals surface area contributed by atoms with Crippen molar-refractivity contribution in [2.45, 2.75) is 26.3 Å². The highest BCUT2D eigenvalue weighted by Crippen LogP contribution is 2.44. The molecule has 0 saturated heterocycles. The molecule has 1 aliphatic rings. The van der Waals surface area contributed by atoms with Crippen LogP contribution in [0.2, 0.25) is 5.02 Å². The molecule has 0 aromatic heterocycles. The zero-order valence-corrected chi connectivity index (χ0v) is 17.4. The van der Waals surface area contributed by atoms with E-state index in [9.17, 15) is 14.7 Å². The van der Waals surface area contributed by atoms with Crippen LogP contribution in [-0.2, 0) is 9.59 Å². The molecular formula is C22H22ClNO5. The van der Waals surface area contributed by atoms with Gasteiger partial charge in [0, 0.05) is 17.1 Å². The zero-order chi connectivity index (χ0) is 21.3. The van der Waals surface area contributed by atoms with Crippen molar-refractivity contribution >= 4 is 29.0 Å². The van der Waals surface area contributed by atoms with Gasteiger partial charge in [-0.15, -0.1) is 0 Å². The van der Waals surface area contributed by atoms with Gasteiger partial charge in [-0.2, -0.15) is 0 Å². The minimum absolute atomic E-state index is 0.0593. The molecule has 1 aliphatic heterocycles. The van der Waals surface area contributed by atoms with Crippen LogP contribution in [0.3, 0.4) is 0 Å². The predicted molar refractivity (Wildman–Crippen MR) is 111 cm³/mol. The predicted octanol–water partition coefficient (Wildman–Crippen LogP) is 4.54. The third-order valence-corrected chi connectivity index (χ3v) is 5.46. The molecule has 0 radical (unpaired) electrons. The highest BCUT2D eigenvalue weighted by atomic mass is 35.5. The van der Waals surface area contributed by atoms with Crippen LogP contribution in [-0.4, -0.2) is 31.0 Å². The second kappa shape index (κ2) is 8.17. The van der Waals surface area contributed by atoms with E-state index in [0.29, 0.717) is 33.3 Å². The number of nitrogens with zero attached hydrogens (tertiary/aromatic N) is 1. The molecule has 7 heteroatoms. The number of halogens is 1. The molecule has 0 aliphatic carbocycles. The van der Waals surface area contributed by atoms with E-state index in [-0.39, 0.29) is 17.8 Å². The Morgan fingerprint density at radius 2 is 1.86 bits per heavy atom. The number of carbonyl (C=O) groups excluding carboxylic acids is 2. The average Bonchev–Trinajstić information content (AvgIpc) is 2.99. The van der Waals surface area contributed by atoms with Crippen LogP contribution < -0.4 is 14.4 Å². The first-order valence-electron chi connectivity index (χ1n) is 9.12. The lowest BCUT2D eigenvalue weighted by Gasteiger charge is -2.29. The number of aliphatic hydroxyl groups excluding tert-OH is 1. The summed E-state index contributed by atoms with van der Waals surface area (Å²) in [6.07, 6.45) is 0.152. The van der Waals surface area contributed by atoms with Crippen molar-refractivity contribution in [2.24, 2.45) is 0 Å². The number of amides is 1. The molecule has 2 aromatic rings. The molecule has 2 aromatic carbocycles. The van der Waals surface area contributed by atoms with Crippen molar-refractivity contribution in [3.63, 3.8) is 0 Å². The lowest BCUT2D eigenvalue weighted by atomic mass is 9.94. The fraction of sp³-hybridized carbons (Fsp3) is 0.273. The summed E-state index contributed by atoms with van der Waals surface area (Å²) in [6.45, 7) is 3.47. The van der Waals surface area contributed by atoms with Gasteiger partial charge in [0.25, 0.3) is 5.91 Å². The summed E-state index contributed by atoms with van der Waals surface area (Å²) >= 11 is 6.27.